The van der Waals surface area contributed by atoms with Crippen LogP contribution in [0.5, 0.6) is 11.8 Å². The van der Waals surface area contributed by atoms with Gasteiger partial charge in [0, 0.05) is 42.9 Å². The zero-order valence-corrected chi connectivity index (χ0v) is 27.2. The lowest BCUT2D eigenvalue weighted by atomic mass is 9.84. The molecular formula is C32H36N8O5S. The number of nitrogens with zero attached hydrogens (tertiary/aromatic N) is 5. The summed E-state index contributed by atoms with van der Waals surface area (Å²) < 4.78 is 35.3. The van der Waals surface area contributed by atoms with Crippen LogP contribution in [0.25, 0.3) is 11.0 Å². The van der Waals surface area contributed by atoms with E-state index in [-0.39, 0.29) is 17.2 Å². The van der Waals surface area contributed by atoms with Crippen LogP contribution in [0.1, 0.15) is 31.9 Å². The molecule has 0 radical (unpaired) electrons. The second-order valence-electron chi connectivity index (χ2n) is 11.7. The number of nitrogens with one attached hydrogen (secondary N) is 2. The van der Waals surface area contributed by atoms with Gasteiger partial charge in [-0.15, -0.1) is 0 Å². The Kier molecular flexibility index (Phi) is 8.85. The molecule has 1 amide bonds. The molecule has 5 aromatic rings. The van der Waals surface area contributed by atoms with Crippen LogP contribution in [-0.4, -0.2) is 48.2 Å². The molecule has 0 saturated heterocycles. The number of hydrogen-bond donors (Lipinski definition) is 3. The highest BCUT2D eigenvalue weighted by atomic mass is 32.2. The Morgan fingerprint density at radius 2 is 1.65 bits per heavy atom. The van der Waals surface area contributed by atoms with Crippen molar-refractivity contribution in [3.05, 3.63) is 84.1 Å². The molecule has 0 fully saturated rings. The third-order valence-electron chi connectivity index (χ3n) is 7.18. The SMILES string of the molecule is COc1ccc(NC(=O)Oc2nc3c(C(C)(C)C)c(N(C)c4ccnc(Nc5ccc(CS(N)(=O)=O)cc5)n4)ccc3n2C)cc1. The van der Waals surface area contributed by atoms with Gasteiger partial charge in [-0.1, -0.05) is 32.9 Å². The molecule has 0 saturated carbocycles. The molecule has 2 heterocycles. The van der Waals surface area contributed by atoms with Crippen molar-refractivity contribution in [3.8, 4) is 11.8 Å². The lowest BCUT2D eigenvalue weighted by Gasteiger charge is -2.28. The quantitative estimate of drug-likeness (QED) is 0.184. The standard InChI is InChI=1S/C32H36N8O5S/c1-32(2,3)27-24(39(4)26-17-18-34-29(37-26)35-21-9-7-20(8-10-21)19-46(33,42)43)15-16-25-28(27)38-30(40(25)5)45-31(41)36-22-11-13-23(44-6)14-12-22/h7-18H,19H2,1-6H3,(H,36,41)(H2,33,42,43)(H,34,35,37). The molecule has 0 aliphatic carbocycles. The zero-order valence-electron chi connectivity index (χ0n) is 26.4. The number of methoxy groups -OCH3 is 1. The normalized spacial score (nSPS) is 11.7. The van der Waals surface area contributed by atoms with Gasteiger partial charge in [0.25, 0.3) is 0 Å². The minimum Gasteiger partial charge on any atom is -0.497 e. The Balaban J connectivity index is 1.41. The fraction of sp³-hybridized carbons (Fsp3) is 0.250. The van der Waals surface area contributed by atoms with Gasteiger partial charge in [-0.3, -0.25) is 9.88 Å². The lowest BCUT2D eigenvalue weighted by Crippen LogP contribution is -2.20. The van der Waals surface area contributed by atoms with E-state index in [1.165, 1.54) is 0 Å². The number of carbonyl (C=O) groups is 1. The Bertz CT molecular complexity index is 1990. The van der Waals surface area contributed by atoms with Gasteiger partial charge in [0.2, 0.25) is 16.0 Å². The highest BCUT2D eigenvalue weighted by molar-refractivity contribution is 7.88. The first-order chi connectivity index (χ1) is 21.7. The number of fused-ring (bicyclic) bond motifs is 1. The first-order valence-corrected chi connectivity index (χ1v) is 16.0. The topological polar surface area (TPSA) is 167 Å². The van der Waals surface area contributed by atoms with Gasteiger partial charge in [-0.05, 0) is 65.6 Å². The summed E-state index contributed by atoms with van der Waals surface area (Å²) in [7, 11) is 1.66. The minimum atomic E-state index is -3.62. The third-order valence-corrected chi connectivity index (χ3v) is 7.92. The maximum Gasteiger partial charge on any atom is 0.419 e. The van der Waals surface area contributed by atoms with Crippen molar-refractivity contribution in [3.63, 3.8) is 0 Å². The average Bonchev–Trinajstić information content (AvgIpc) is 3.30. The fourth-order valence-electron chi connectivity index (χ4n) is 5.00. The Labute approximate surface area is 267 Å². The Morgan fingerprint density at radius 3 is 2.28 bits per heavy atom. The fourth-order valence-corrected chi connectivity index (χ4v) is 5.66. The van der Waals surface area contributed by atoms with Crippen molar-refractivity contribution >= 4 is 56.0 Å². The molecule has 0 aliphatic rings. The van der Waals surface area contributed by atoms with E-state index in [2.05, 4.69) is 36.4 Å². The van der Waals surface area contributed by atoms with Gasteiger partial charge in [-0.2, -0.15) is 9.97 Å². The molecule has 3 aromatic carbocycles. The number of benzene rings is 3. The van der Waals surface area contributed by atoms with E-state index in [4.69, 9.17) is 24.6 Å². The molecule has 0 atom stereocenters. The summed E-state index contributed by atoms with van der Waals surface area (Å²) in [4.78, 5) is 28.6. The number of aryl methyl sites for hydroxylation is 1. The summed E-state index contributed by atoms with van der Waals surface area (Å²) in [5.74, 6) is 1.41. The first kappa shape index (κ1) is 32.2. The Morgan fingerprint density at radius 1 is 0.978 bits per heavy atom. The second-order valence-corrected chi connectivity index (χ2v) is 13.3. The number of hydrogen-bond acceptors (Lipinski definition) is 10. The van der Waals surface area contributed by atoms with Gasteiger partial charge in [-0.25, -0.2) is 23.3 Å². The van der Waals surface area contributed by atoms with Crippen LogP contribution in [0.2, 0.25) is 0 Å². The molecule has 13 nitrogen and oxygen atoms in total. The van der Waals surface area contributed by atoms with E-state index >= 15 is 0 Å². The van der Waals surface area contributed by atoms with E-state index in [9.17, 15) is 13.2 Å². The summed E-state index contributed by atoms with van der Waals surface area (Å²) in [6.07, 6.45) is 0.984. The van der Waals surface area contributed by atoms with Gasteiger partial charge >= 0.3 is 12.1 Å². The van der Waals surface area contributed by atoms with Crippen LogP contribution in [-0.2, 0) is 28.2 Å². The van der Waals surface area contributed by atoms with Crippen LogP contribution in [0.4, 0.5) is 33.6 Å². The predicted molar refractivity (Wildman–Crippen MR) is 179 cm³/mol. The molecule has 0 bridgehead atoms. The van der Waals surface area contributed by atoms with Gasteiger partial charge < -0.3 is 19.7 Å². The highest BCUT2D eigenvalue weighted by Crippen LogP contribution is 2.40. The van der Waals surface area contributed by atoms with E-state index < -0.39 is 16.1 Å². The van der Waals surface area contributed by atoms with Gasteiger partial charge in [0.15, 0.2) is 0 Å². The van der Waals surface area contributed by atoms with Crippen LogP contribution in [0.15, 0.2) is 72.9 Å². The number of anilines is 5. The largest absolute Gasteiger partial charge is 0.497 e. The highest BCUT2D eigenvalue weighted by Gasteiger charge is 2.28. The van der Waals surface area contributed by atoms with E-state index in [0.717, 1.165) is 16.8 Å². The van der Waals surface area contributed by atoms with Crippen molar-refractivity contribution in [2.45, 2.75) is 31.9 Å². The number of rotatable bonds is 9. The van der Waals surface area contributed by atoms with Gasteiger partial charge in [0.1, 0.15) is 11.6 Å². The van der Waals surface area contributed by atoms with Crippen LogP contribution < -0.4 is 30.1 Å². The van der Waals surface area contributed by atoms with Crippen molar-refractivity contribution in [1.82, 2.24) is 19.5 Å². The van der Waals surface area contributed by atoms with Crippen LogP contribution in [0, 0.1) is 0 Å². The molecule has 4 N–H and O–H groups in total. The summed E-state index contributed by atoms with van der Waals surface area (Å²) in [5.41, 5.74) is 4.76. The van der Waals surface area contributed by atoms with Gasteiger partial charge in [0.05, 0.1) is 23.9 Å². The number of amides is 1. The summed E-state index contributed by atoms with van der Waals surface area (Å²) in [5, 5.41) is 11.0. The maximum absolute atomic E-state index is 12.8. The second kappa shape index (κ2) is 12.7. The Hall–Kier alpha value is -5.21. The lowest BCUT2D eigenvalue weighted by molar-refractivity contribution is 0.210. The molecular weight excluding hydrogens is 608 g/mol. The number of imidazole rings is 1. The van der Waals surface area contributed by atoms with Crippen LogP contribution in [0.3, 0.4) is 0 Å². The zero-order chi connectivity index (χ0) is 33.2. The number of carbonyl (C=O) groups excluding carboxylic acids is 1. The molecule has 0 aliphatic heterocycles. The molecule has 46 heavy (non-hydrogen) atoms. The van der Waals surface area contributed by atoms with Crippen molar-refractivity contribution in [2.24, 2.45) is 12.2 Å². The van der Waals surface area contributed by atoms with E-state index in [1.807, 2.05) is 24.1 Å². The van der Waals surface area contributed by atoms with Crippen LogP contribution >= 0.6 is 0 Å². The van der Waals surface area contributed by atoms with E-state index in [0.29, 0.717) is 40.0 Å². The molecule has 0 unspecified atom stereocenters. The van der Waals surface area contributed by atoms with Crippen molar-refractivity contribution < 1.29 is 22.7 Å². The molecule has 240 valence electrons. The van der Waals surface area contributed by atoms with Crippen molar-refractivity contribution in [1.29, 1.82) is 0 Å². The third kappa shape index (κ3) is 7.35. The molecule has 5 rings (SSSR count). The number of sulfonamides is 1. The number of primary sulfonamides is 1. The average molecular weight is 645 g/mol. The maximum atomic E-state index is 12.8. The number of ether oxygens (including phenoxy) is 2. The molecule has 0 spiro atoms. The summed E-state index contributed by atoms with van der Waals surface area (Å²) in [6.45, 7) is 6.28. The summed E-state index contributed by atoms with van der Waals surface area (Å²) >= 11 is 0. The summed E-state index contributed by atoms with van der Waals surface area (Å²) in [6, 6.07) is 19.6. The monoisotopic (exact) mass is 644 g/mol. The van der Waals surface area contributed by atoms with Crippen molar-refractivity contribution in [2.75, 3.05) is 29.7 Å². The first-order valence-electron chi connectivity index (χ1n) is 14.3. The number of aromatic nitrogens is 4. The minimum absolute atomic E-state index is 0.148. The smallest absolute Gasteiger partial charge is 0.419 e. The molecule has 2 aromatic heterocycles. The number of nitrogens with two attached hydrogens (primary N) is 1. The molecule has 14 heteroatoms. The van der Waals surface area contributed by atoms with E-state index in [1.54, 1.807) is 79.5 Å². The predicted octanol–water partition coefficient (Wildman–Crippen LogP) is 5.58.